The van der Waals surface area contributed by atoms with Crippen molar-refractivity contribution in [1.82, 2.24) is 9.97 Å². The van der Waals surface area contributed by atoms with Crippen LogP contribution in [0.2, 0.25) is 0 Å². The van der Waals surface area contributed by atoms with Crippen LogP contribution in [0.5, 0.6) is 0 Å². The summed E-state index contributed by atoms with van der Waals surface area (Å²) in [7, 11) is 0. The van der Waals surface area contributed by atoms with Crippen LogP contribution >= 0.6 is 0 Å². The van der Waals surface area contributed by atoms with E-state index in [1.807, 2.05) is 43.3 Å². The van der Waals surface area contributed by atoms with Crippen LogP contribution in [0.4, 0.5) is 8.78 Å². The van der Waals surface area contributed by atoms with E-state index in [9.17, 15) is 8.78 Å². The zero-order chi connectivity index (χ0) is 31.4. The Morgan fingerprint density at radius 1 is 0.533 bits per heavy atom. The Morgan fingerprint density at radius 2 is 1.00 bits per heavy atom. The highest BCUT2D eigenvalue weighted by atomic mass is 19.1. The number of hydrogen-bond donors (Lipinski definition) is 0. The minimum absolute atomic E-state index is 0.190. The number of unbranched alkanes of at least 4 members (excludes halogenated alkanes) is 5. The van der Waals surface area contributed by atoms with Gasteiger partial charge in [-0.25, -0.2) is 8.78 Å². The minimum atomic E-state index is -0.692. The molecule has 0 atom stereocenters. The van der Waals surface area contributed by atoms with Crippen LogP contribution in [0.3, 0.4) is 0 Å². The van der Waals surface area contributed by atoms with Crippen LogP contribution in [0.15, 0.2) is 97.3 Å². The maximum Gasteiger partial charge on any atom is 0.135 e. The first kappa shape index (κ1) is 31.4. The SMILES string of the molecule is CCCCCCCCc1ccc(C#Cc2ccc(-c3cc(-c4ccc(C#Cc5ccc(C)cc5)cn4)c(F)cc3F)nc2)cc1. The van der Waals surface area contributed by atoms with Gasteiger partial charge in [0.15, 0.2) is 0 Å². The number of halogens is 2. The number of aryl methyl sites for hydroxylation is 2. The summed E-state index contributed by atoms with van der Waals surface area (Å²) in [6.45, 7) is 4.27. The number of rotatable bonds is 9. The highest BCUT2D eigenvalue weighted by Gasteiger charge is 2.15. The Kier molecular flexibility index (Phi) is 10.9. The van der Waals surface area contributed by atoms with Gasteiger partial charge in [-0.2, -0.15) is 0 Å². The predicted octanol–water partition coefficient (Wildman–Crippen LogP) is 10.1. The first-order chi connectivity index (χ1) is 22.0. The minimum Gasteiger partial charge on any atom is -0.255 e. The zero-order valence-electron chi connectivity index (χ0n) is 25.8. The smallest absolute Gasteiger partial charge is 0.135 e. The van der Waals surface area contributed by atoms with E-state index in [1.54, 1.807) is 36.7 Å². The summed E-state index contributed by atoms with van der Waals surface area (Å²) < 4.78 is 29.7. The fourth-order valence-electron chi connectivity index (χ4n) is 4.99. The largest absolute Gasteiger partial charge is 0.255 e. The van der Waals surface area contributed by atoms with Gasteiger partial charge in [0.25, 0.3) is 0 Å². The monoisotopic (exact) mass is 594 g/mol. The molecule has 5 aromatic rings. The first-order valence-electron chi connectivity index (χ1n) is 15.6. The molecule has 5 rings (SSSR count). The molecule has 224 valence electrons. The lowest BCUT2D eigenvalue weighted by molar-refractivity contribution is 0.587. The van der Waals surface area contributed by atoms with E-state index in [-0.39, 0.29) is 11.1 Å². The van der Waals surface area contributed by atoms with Crippen molar-refractivity contribution in [3.8, 4) is 46.2 Å². The van der Waals surface area contributed by atoms with Gasteiger partial charge in [0, 0.05) is 51.8 Å². The van der Waals surface area contributed by atoms with Crippen LogP contribution in [0.25, 0.3) is 22.5 Å². The van der Waals surface area contributed by atoms with Crippen molar-refractivity contribution < 1.29 is 8.78 Å². The third-order valence-electron chi connectivity index (χ3n) is 7.66. The van der Waals surface area contributed by atoms with Crippen molar-refractivity contribution in [2.75, 3.05) is 0 Å². The Labute approximate surface area is 265 Å². The van der Waals surface area contributed by atoms with Crippen LogP contribution in [-0.4, -0.2) is 9.97 Å². The van der Waals surface area contributed by atoms with Crippen molar-refractivity contribution in [1.29, 1.82) is 0 Å². The van der Waals surface area contributed by atoms with Crippen LogP contribution < -0.4 is 0 Å². The molecular formula is C41H36F2N2. The second kappa shape index (κ2) is 15.6. The molecule has 2 heterocycles. The average molecular weight is 595 g/mol. The van der Waals surface area contributed by atoms with Crippen molar-refractivity contribution >= 4 is 0 Å². The van der Waals surface area contributed by atoms with Gasteiger partial charge in [0.1, 0.15) is 11.6 Å². The van der Waals surface area contributed by atoms with Gasteiger partial charge in [0.05, 0.1) is 11.4 Å². The van der Waals surface area contributed by atoms with Crippen molar-refractivity contribution in [2.24, 2.45) is 0 Å². The van der Waals surface area contributed by atoms with Crippen LogP contribution in [0.1, 0.15) is 78.8 Å². The molecule has 0 radical (unpaired) electrons. The Balaban J connectivity index is 1.24. The van der Waals surface area contributed by atoms with Gasteiger partial charge in [-0.05, 0) is 79.9 Å². The molecule has 0 saturated carbocycles. The van der Waals surface area contributed by atoms with Gasteiger partial charge in [0.2, 0.25) is 0 Å². The standard InChI is InChI=1S/C41H36F2N2/c1-3-4-5-6-7-8-9-31-14-16-33(17-15-31)19-21-35-23-25-41(45-29-35)37-26-36(38(42)27-39(37)43)40-24-22-34(28-44-40)20-18-32-12-10-30(2)11-13-32/h10-17,22-29H,3-9H2,1-2H3. The van der Waals surface area contributed by atoms with E-state index in [1.165, 1.54) is 55.7 Å². The molecule has 0 aliphatic carbocycles. The molecule has 45 heavy (non-hydrogen) atoms. The lowest BCUT2D eigenvalue weighted by Gasteiger charge is -2.08. The average Bonchev–Trinajstić information content (AvgIpc) is 3.06. The summed E-state index contributed by atoms with van der Waals surface area (Å²) in [6, 6.07) is 25.6. The molecule has 0 aliphatic rings. The molecule has 2 nitrogen and oxygen atoms in total. The van der Waals surface area contributed by atoms with Gasteiger partial charge < -0.3 is 0 Å². The maximum atomic E-state index is 14.9. The second-order valence-corrected chi connectivity index (χ2v) is 11.3. The lowest BCUT2D eigenvalue weighted by atomic mass is 10.0. The summed E-state index contributed by atoms with van der Waals surface area (Å²) in [6.07, 6.45) is 12.0. The van der Waals surface area contributed by atoms with E-state index < -0.39 is 11.6 Å². The fraction of sp³-hybridized carbons (Fsp3) is 0.220. The molecule has 3 aromatic carbocycles. The van der Waals surface area contributed by atoms with Gasteiger partial charge in [-0.15, -0.1) is 0 Å². The second-order valence-electron chi connectivity index (χ2n) is 11.3. The molecule has 0 unspecified atom stereocenters. The number of hydrogen-bond acceptors (Lipinski definition) is 2. The third-order valence-corrected chi connectivity index (χ3v) is 7.66. The third kappa shape index (κ3) is 8.98. The summed E-state index contributed by atoms with van der Waals surface area (Å²) in [5.74, 6) is 11.1. The molecule has 0 spiro atoms. The molecule has 4 heteroatoms. The molecule has 0 N–H and O–H groups in total. The Morgan fingerprint density at radius 3 is 1.51 bits per heavy atom. The van der Waals surface area contributed by atoms with Crippen LogP contribution in [-0.2, 0) is 6.42 Å². The fourth-order valence-corrected chi connectivity index (χ4v) is 4.99. The van der Waals surface area contributed by atoms with E-state index in [0.717, 1.165) is 23.6 Å². The molecular weight excluding hydrogens is 558 g/mol. The lowest BCUT2D eigenvalue weighted by Crippen LogP contribution is -1.95. The summed E-state index contributed by atoms with van der Waals surface area (Å²) >= 11 is 0. The summed E-state index contributed by atoms with van der Waals surface area (Å²) in [5, 5.41) is 0. The topological polar surface area (TPSA) is 25.8 Å². The van der Waals surface area contributed by atoms with Gasteiger partial charge in [-0.3, -0.25) is 9.97 Å². The van der Waals surface area contributed by atoms with E-state index in [2.05, 4.69) is 52.7 Å². The van der Waals surface area contributed by atoms with Crippen molar-refractivity contribution in [2.45, 2.75) is 58.8 Å². The molecule has 2 aromatic heterocycles. The highest BCUT2D eigenvalue weighted by Crippen LogP contribution is 2.30. The van der Waals surface area contributed by atoms with Crippen molar-refractivity contribution in [3.05, 3.63) is 142 Å². The molecule has 0 aliphatic heterocycles. The number of pyridine rings is 2. The Hall–Kier alpha value is -5.06. The molecule has 0 saturated heterocycles. The maximum absolute atomic E-state index is 14.9. The summed E-state index contributed by atoms with van der Waals surface area (Å²) in [5.41, 5.74) is 6.89. The molecule has 0 fully saturated rings. The zero-order valence-corrected chi connectivity index (χ0v) is 25.8. The number of aromatic nitrogens is 2. The first-order valence-corrected chi connectivity index (χ1v) is 15.6. The number of nitrogens with zero attached hydrogens (tertiary/aromatic N) is 2. The van der Waals surface area contributed by atoms with E-state index in [0.29, 0.717) is 22.5 Å². The van der Waals surface area contributed by atoms with Gasteiger partial charge in [-0.1, -0.05) is 92.5 Å². The van der Waals surface area contributed by atoms with Crippen LogP contribution in [0, 0.1) is 42.2 Å². The van der Waals surface area contributed by atoms with E-state index in [4.69, 9.17) is 0 Å². The number of benzene rings is 3. The molecule has 0 amide bonds. The highest BCUT2D eigenvalue weighted by molar-refractivity contribution is 5.71. The van der Waals surface area contributed by atoms with Crippen molar-refractivity contribution in [3.63, 3.8) is 0 Å². The normalized spacial score (nSPS) is 10.5. The predicted molar refractivity (Wildman–Crippen MR) is 179 cm³/mol. The molecule has 0 bridgehead atoms. The van der Waals surface area contributed by atoms with Gasteiger partial charge >= 0.3 is 0 Å². The van der Waals surface area contributed by atoms with E-state index >= 15 is 0 Å². The Bertz CT molecular complexity index is 1830. The summed E-state index contributed by atoms with van der Waals surface area (Å²) in [4.78, 5) is 8.83. The quantitative estimate of drug-likeness (QED) is 0.125.